The number of fused-ring (bicyclic) bond motifs is 1. The van der Waals surface area contributed by atoms with Crippen molar-refractivity contribution in [1.29, 1.82) is 0 Å². The van der Waals surface area contributed by atoms with Crippen LogP contribution in [0.3, 0.4) is 0 Å². The molecule has 1 aromatic heterocycles. The van der Waals surface area contributed by atoms with E-state index in [0.717, 1.165) is 0 Å². The van der Waals surface area contributed by atoms with Crippen molar-refractivity contribution in [3.63, 3.8) is 0 Å². The predicted octanol–water partition coefficient (Wildman–Crippen LogP) is 2.18. The molecule has 1 aromatic carbocycles. The summed E-state index contributed by atoms with van der Waals surface area (Å²) >= 11 is 11.8. The SMILES string of the molecule is CC(N)n1c(Cl)nc2c(Cl)cccc2c1=O. The normalized spacial score (nSPS) is 13.0. The van der Waals surface area contributed by atoms with Crippen molar-refractivity contribution >= 4 is 34.1 Å². The summed E-state index contributed by atoms with van der Waals surface area (Å²) in [5.41, 5.74) is 5.76. The molecule has 0 spiro atoms. The van der Waals surface area contributed by atoms with Gasteiger partial charge in [-0.25, -0.2) is 4.98 Å². The van der Waals surface area contributed by atoms with E-state index in [4.69, 9.17) is 28.9 Å². The summed E-state index contributed by atoms with van der Waals surface area (Å²) in [6.45, 7) is 1.66. The minimum Gasteiger partial charge on any atom is -0.311 e. The van der Waals surface area contributed by atoms with E-state index < -0.39 is 6.17 Å². The highest BCUT2D eigenvalue weighted by Crippen LogP contribution is 2.21. The lowest BCUT2D eigenvalue weighted by Gasteiger charge is -2.12. The Bertz CT molecular complexity index is 607. The van der Waals surface area contributed by atoms with Gasteiger partial charge in [0.1, 0.15) is 0 Å². The molecule has 0 aliphatic carbocycles. The average Bonchev–Trinajstić information content (AvgIpc) is 2.19. The third-order valence-corrected chi connectivity index (χ3v) is 2.82. The van der Waals surface area contributed by atoms with Crippen molar-refractivity contribution in [2.45, 2.75) is 13.1 Å². The standard InChI is InChI=1S/C10H9Cl2N3O/c1-5(13)15-9(16)6-3-2-4-7(11)8(6)14-10(15)12/h2-5H,13H2,1H3. The van der Waals surface area contributed by atoms with Crippen LogP contribution in [-0.2, 0) is 0 Å². The molecule has 2 aromatic rings. The smallest absolute Gasteiger partial charge is 0.263 e. The predicted molar refractivity (Wildman–Crippen MR) is 64.9 cm³/mol. The first-order chi connectivity index (χ1) is 7.52. The first-order valence-corrected chi connectivity index (χ1v) is 5.40. The van der Waals surface area contributed by atoms with E-state index in [2.05, 4.69) is 4.98 Å². The Morgan fingerprint density at radius 3 is 2.75 bits per heavy atom. The second kappa shape index (κ2) is 4.05. The van der Waals surface area contributed by atoms with Gasteiger partial charge in [-0.3, -0.25) is 9.36 Å². The van der Waals surface area contributed by atoms with Crippen molar-refractivity contribution in [3.05, 3.63) is 38.9 Å². The maximum absolute atomic E-state index is 12.0. The van der Waals surface area contributed by atoms with Crippen molar-refractivity contribution in [1.82, 2.24) is 9.55 Å². The van der Waals surface area contributed by atoms with Gasteiger partial charge in [0.05, 0.1) is 22.1 Å². The Morgan fingerprint density at radius 1 is 1.44 bits per heavy atom. The third-order valence-electron chi connectivity index (χ3n) is 2.25. The Balaban J connectivity index is 2.95. The van der Waals surface area contributed by atoms with Gasteiger partial charge < -0.3 is 5.73 Å². The number of para-hydroxylation sites is 1. The van der Waals surface area contributed by atoms with E-state index in [9.17, 15) is 4.79 Å². The molecule has 0 saturated carbocycles. The van der Waals surface area contributed by atoms with E-state index in [-0.39, 0.29) is 10.8 Å². The van der Waals surface area contributed by atoms with Crippen LogP contribution in [0.5, 0.6) is 0 Å². The molecule has 0 saturated heterocycles. The number of aromatic nitrogens is 2. The fourth-order valence-corrected chi connectivity index (χ4v) is 2.05. The van der Waals surface area contributed by atoms with Crippen LogP contribution in [0.1, 0.15) is 13.1 Å². The van der Waals surface area contributed by atoms with E-state index in [1.165, 1.54) is 4.57 Å². The van der Waals surface area contributed by atoms with Crippen LogP contribution in [0.2, 0.25) is 10.3 Å². The highest BCUT2D eigenvalue weighted by atomic mass is 35.5. The minimum absolute atomic E-state index is 0.0422. The van der Waals surface area contributed by atoms with E-state index >= 15 is 0 Å². The lowest BCUT2D eigenvalue weighted by atomic mass is 10.2. The first kappa shape index (κ1) is 11.4. The molecule has 0 aliphatic heterocycles. The molecule has 2 rings (SSSR count). The Hall–Kier alpha value is -1.10. The minimum atomic E-state index is -0.532. The third kappa shape index (κ3) is 1.69. The fourth-order valence-electron chi connectivity index (χ4n) is 1.51. The van der Waals surface area contributed by atoms with Crippen molar-refractivity contribution in [2.75, 3.05) is 0 Å². The second-order valence-corrected chi connectivity index (χ2v) is 4.18. The largest absolute Gasteiger partial charge is 0.311 e. The summed E-state index contributed by atoms with van der Waals surface area (Å²) in [6, 6.07) is 4.99. The van der Waals surface area contributed by atoms with Crippen LogP contribution >= 0.6 is 23.2 Å². The summed E-state index contributed by atoms with van der Waals surface area (Å²) in [5.74, 6) is 0. The van der Waals surface area contributed by atoms with Gasteiger partial charge in [0.15, 0.2) is 0 Å². The second-order valence-electron chi connectivity index (χ2n) is 3.43. The molecule has 1 atom stereocenters. The Kier molecular flexibility index (Phi) is 2.88. The van der Waals surface area contributed by atoms with Gasteiger partial charge in [-0.05, 0) is 30.7 Å². The van der Waals surface area contributed by atoms with Crippen LogP contribution in [0, 0.1) is 0 Å². The lowest BCUT2D eigenvalue weighted by molar-refractivity contribution is 0.548. The van der Waals surface area contributed by atoms with E-state index in [1.807, 2.05) is 0 Å². The molecule has 0 radical (unpaired) electrons. The maximum atomic E-state index is 12.0. The zero-order valence-electron chi connectivity index (χ0n) is 8.45. The topological polar surface area (TPSA) is 60.9 Å². The number of rotatable bonds is 1. The maximum Gasteiger partial charge on any atom is 0.263 e. The zero-order valence-corrected chi connectivity index (χ0v) is 9.96. The molecule has 0 aliphatic rings. The molecule has 0 amide bonds. The van der Waals surface area contributed by atoms with Gasteiger partial charge in [0.25, 0.3) is 5.56 Å². The molecule has 1 unspecified atom stereocenters. The van der Waals surface area contributed by atoms with Gasteiger partial charge in [0.2, 0.25) is 5.28 Å². The quantitative estimate of drug-likeness (QED) is 0.797. The summed E-state index contributed by atoms with van der Waals surface area (Å²) in [6.07, 6.45) is -0.532. The number of nitrogens with two attached hydrogens (primary N) is 1. The van der Waals surface area contributed by atoms with Crippen LogP contribution in [-0.4, -0.2) is 9.55 Å². The molecule has 6 heteroatoms. The van der Waals surface area contributed by atoms with E-state index in [0.29, 0.717) is 15.9 Å². The first-order valence-electron chi connectivity index (χ1n) is 4.64. The van der Waals surface area contributed by atoms with Gasteiger partial charge in [0, 0.05) is 0 Å². The van der Waals surface area contributed by atoms with Gasteiger partial charge in [-0.2, -0.15) is 0 Å². The highest BCUT2D eigenvalue weighted by molar-refractivity contribution is 6.35. The van der Waals surface area contributed by atoms with Gasteiger partial charge in [-0.1, -0.05) is 17.7 Å². The number of halogens is 2. The van der Waals surface area contributed by atoms with Crippen LogP contribution < -0.4 is 11.3 Å². The monoisotopic (exact) mass is 257 g/mol. The number of benzene rings is 1. The van der Waals surface area contributed by atoms with Crippen molar-refractivity contribution < 1.29 is 0 Å². The van der Waals surface area contributed by atoms with Crippen molar-refractivity contribution in [2.24, 2.45) is 5.73 Å². The number of hydrogen-bond acceptors (Lipinski definition) is 3. The zero-order chi connectivity index (χ0) is 11.9. The molecular formula is C10H9Cl2N3O. The molecule has 1 heterocycles. The molecule has 16 heavy (non-hydrogen) atoms. The lowest BCUT2D eigenvalue weighted by Crippen LogP contribution is -2.29. The Morgan fingerprint density at radius 2 is 2.12 bits per heavy atom. The van der Waals surface area contributed by atoms with Crippen LogP contribution in [0.25, 0.3) is 10.9 Å². The highest BCUT2D eigenvalue weighted by Gasteiger charge is 2.13. The van der Waals surface area contributed by atoms with Gasteiger partial charge >= 0.3 is 0 Å². The van der Waals surface area contributed by atoms with Crippen LogP contribution in [0.4, 0.5) is 0 Å². The molecule has 84 valence electrons. The average molecular weight is 258 g/mol. The molecule has 0 bridgehead atoms. The molecular weight excluding hydrogens is 249 g/mol. The Labute approximate surface area is 102 Å². The van der Waals surface area contributed by atoms with E-state index in [1.54, 1.807) is 25.1 Å². The summed E-state index contributed by atoms with van der Waals surface area (Å²) < 4.78 is 1.22. The van der Waals surface area contributed by atoms with Gasteiger partial charge in [-0.15, -0.1) is 0 Å². The molecule has 0 fully saturated rings. The number of nitrogens with zero attached hydrogens (tertiary/aromatic N) is 2. The molecule has 2 N–H and O–H groups in total. The summed E-state index contributed by atoms with van der Waals surface area (Å²) in [4.78, 5) is 16.1. The summed E-state index contributed by atoms with van der Waals surface area (Å²) in [5, 5.41) is 0.850. The van der Waals surface area contributed by atoms with Crippen molar-refractivity contribution in [3.8, 4) is 0 Å². The summed E-state index contributed by atoms with van der Waals surface area (Å²) in [7, 11) is 0. The van der Waals surface area contributed by atoms with Crippen LogP contribution in [0.15, 0.2) is 23.0 Å². The number of hydrogen-bond donors (Lipinski definition) is 1. The molecule has 4 nitrogen and oxygen atoms in total. The fraction of sp³-hybridized carbons (Fsp3) is 0.200.